The molecule has 0 spiro atoms. The number of rotatable bonds is 8. The van der Waals surface area contributed by atoms with Crippen LogP contribution in [-0.4, -0.2) is 73.7 Å². The molecular weight excluding hydrogens is 565 g/mol. The van der Waals surface area contributed by atoms with Crippen LogP contribution >= 0.6 is 0 Å². The second-order valence-corrected chi connectivity index (χ2v) is 13.6. The van der Waals surface area contributed by atoms with Crippen LogP contribution in [0.1, 0.15) is 66.8 Å². The number of carbonyl (C=O) groups excluding carboxylic acids is 1. The predicted molar refractivity (Wildman–Crippen MR) is 156 cm³/mol. The minimum Gasteiger partial charge on any atom is -0.370 e. The summed E-state index contributed by atoms with van der Waals surface area (Å²) in [6.07, 6.45) is 1.66. The zero-order valence-corrected chi connectivity index (χ0v) is 24.6. The predicted octanol–water partition coefficient (Wildman–Crippen LogP) is 4.83. The Morgan fingerprint density at radius 2 is 1.76 bits per heavy atom. The molecule has 42 heavy (non-hydrogen) atoms. The molecule has 2 aromatic carbocycles. The Kier molecular flexibility index (Phi) is 9.13. The van der Waals surface area contributed by atoms with E-state index in [0.29, 0.717) is 12.6 Å². The van der Waals surface area contributed by atoms with Crippen molar-refractivity contribution < 1.29 is 26.4 Å². The molecule has 2 saturated heterocycles. The Morgan fingerprint density at radius 1 is 1.00 bits per heavy atom. The number of sulfonamides is 1. The average Bonchev–Trinajstić information content (AvgIpc) is 2.96. The number of nitrogens with two attached hydrogens (primary N) is 1. The van der Waals surface area contributed by atoms with Gasteiger partial charge in [-0.1, -0.05) is 37.3 Å². The molecule has 11 heteroatoms. The van der Waals surface area contributed by atoms with Gasteiger partial charge in [-0.15, -0.1) is 0 Å². The second kappa shape index (κ2) is 12.5. The molecule has 3 aliphatic rings. The zero-order valence-electron chi connectivity index (χ0n) is 23.8. The van der Waals surface area contributed by atoms with Gasteiger partial charge in [0.15, 0.2) is 0 Å². The van der Waals surface area contributed by atoms with E-state index in [-0.39, 0.29) is 25.6 Å². The third-order valence-corrected chi connectivity index (χ3v) is 10.8. The van der Waals surface area contributed by atoms with Crippen LogP contribution in [0.4, 0.5) is 13.2 Å². The van der Waals surface area contributed by atoms with E-state index in [1.54, 1.807) is 0 Å². The summed E-state index contributed by atoms with van der Waals surface area (Å²) in [7, 11) is -4.30. The first-order valence-corrected chi connectivity index (χ1v) is 16.1. The highest BCUT2D eigenvalue weighted by atomic mass is 32.2. The van der Waals surface area contributed by atoms with Crippen molar-refractivity contribution in [1.29, 1.82) is 0 Å². The van der Waals surface area contributed by atoms with Crippen LogP contribution in [0.2, 0.25) is 0 Å². The van der Waals surface area contributed by atoms with Gasteiger partial charge < -0.3 is 5.73 Å². The van der Waals surface area contributed by atoms with Gasteiger partial charge in [0.2, 0.25) is 15.9 Å². The summed E-state index contributed by atoms with van der Waals surface area (Å²) < 4.78 is 68.2. The normalized spacial score (nSPS) is 22.9. The van der Waals surface area contributed by atoms with Crippen molar-refractivity contribution in [3.05, 3.63) is 71.3 Å². The summed E-state index contributed by atoms with van der Waals surface area (Å²) in [5, 5.41) is 0. The van der Waals surface area contributed by atoms with Gasteiger partial charge in [0, 0.05) is 44.7 Å². The molecule has 1 amide bonds. The van der Waals surface area contributed by atoms with Crippen LogP contribution < -0.4 is 5.73 Å². The van der Waals surface area contributed by atoms with E-state index in [0.717, 1.165) is 72.5 Å². The first kappa shape index (κ1) is 30.7. The molecule has 2 aliphatic heterocycles. The quantitative estimate of drug-likeness (QED) is 0.467. The monoisotopic (exact) mass is 604 g/mol. The Hall–Kier alpha value is -2.73. The number of carbonyl (C=O) groups is 1. The molecule has 2 atom stereocenters. The van der Waals surface area contributed by atoms with Gasteiger partial charge in [-0.3, -0.25) is 14.6 Å². The van der Waals surface area contributed by atoms with E-state index in [2.05, 4.69) is 34.6 Å². The van der Waals surface area contributed by atoms with Crippen molar-refractivity contribution in [2.75, 3.05) is 39.3 Å². The van der Waals surface area contributed by atoms with Crippen LogP contribution in [0.3, 0.4) is 0 Å². The first-order chi connectivity index (χ1) is 19.9. The fourth-order valence-electron chi connectivity index (χ4n) is 6.70. The number of piperazine rings is 1. The topological polar surface area (TPSA) is 86.9 Å². The Morgan fingerprint density at radius 3 is 2.48 bits per heavy atom. The number of fused-ring (bicyclic) bond motifs is 1. The summed E-state index contributed by atoms with van der Waals surface area (Å²) in [5.74, 6) is -0.660. The first-order valence-electron chi connectivity index (χ1n) is 14.7. The summed E-state index contributed by atoms with van der Waals surface area (Å²) in [6.45, 7) is 8.14. The molecule has 228 valence electrons. The Bertz CT molecular complexity index is 1420. The highest BCUT2D eigenvalue weighted by molar-refractivity contribution is 7.89. The number of aryl methyl sites for hydroxylation is 1. The fourth-order valence-corrected chi connectivity index (χ4v) is 8.35. The molecule has 7 nitrogen and oxygen atoms in total. The largest absolute Gasteiger partial charge is 0.416 e. The molecule has 1 unspecified atom stereocenters. The standard InChI is InChI=1S/C31H39F3N4O3S/c1-22(20-36-13-3-2-4-14-36)23-11-12-28-24(17-23)7-5-10-29(28)37-15-16-38(26(21-37)19-30(35)39)42(40,41)27-9-6-8-25(18-27)31(32,33)34/h6,8-9,11-12,17-18,26,29H,1-5,7,10,13-16,19-21H2,(H2,35,39)/t26?,29-/m1/s1. The lowest BCUT2D eigenvalue weighted by atomic mass is 9.84. The molecular formula is C31H39F3N4O3S. The summed E-state index contributed by atoms with van der Waals surface area (Å²) >= 11 is 0. The third-order valence-electron chi connectivity index (χ3n) is 8.80. The van der Waals surface area contributed by atoms with Gasteiger partial charge in [0.05, 0.1) is 10.5 Å². The maximum absolute atomic E-state index is 13.6. The molecule has 2 fully saturated rings. The fraction of sp³-hybridized carbons (Fsp3) is 0.516. The SMILES string of the molecule is C=C(CN1CCCCC1)c1ccc2c(c1)CCC[C@H]2N1CCN(S(=O)(=O)c2cccc(C(F)(F)F)c2)C(CC(N)=O)C1. The van der Waals surface area contributed by atoms with Crippen LogP contribution in [0.5, 0.6) is 0 Å². The number of halogens is 3. The van der Waals surface area contributed by atoms with E-state index in [1.165, 1.54) is 30.4 Å². The van der Waals surface area contributed by atoms with Crippen LogP contribution in [0.15, 0.2) is 53.9 Å². The molecule has 0 aromatic heterocycles. The summed E-state index contributed by atoms with van der Waals surface area (Å²) in [6, 6.07) is 9.52. The highest BCUT2D eigenvalue weighted by Gasteiger charge is 2.41. The number of alkyl halides is 3. The van der Waals surface area contributed by atoms with Crippen molar-refractivity contribution in [1.82, 2.24) is 14.1 Å². The van der Waals surface area contributed by atoms with Crippen molar-refractivity contribution in [2.45, 2.75) is 68.1 Å². The van der Waals surface area contributed by atoms with E-state index >= 15 is 0 Å². The lowest BCUT2D eigenvalue weighted by Gasteiger charge is -2.45. The minimum absolute atomic E-state index is 0.0481. The molecule has 2 aromatic rings. The van der Waals surface area contributed by atoms with Gasteiger partial charge in [0.25, 0.3) is 0 Å². The van der Waals surface area contributed by atoms with Crippen molar-refractivity contribution >= 4 is 21.5 Å². The molecule has 2 heterocycles. The van der Waals surface area contributed by atoms with Crippen LogP contribution in [0, 0.1) is 0 Å². The Balaban J connectivity index is 1.35. The maximum Gasteiger partial charge on any atom is 0.416 e. The molecule has 0 bridgehead atoms. The van der Waals surface area contributed by atoms with Crippen LogP contribution in [-0.2, 0) is 27.4 Å². The van der Waals surface area contributed by atoms with Gasteiger partial charge in [0.1, 0.15) is 0 Å². The van der Waals surface area contributed by atoms with E-state index < -0.39 is 38.6 Å². The number of hydrogen-bond acceptors (Lipinski definition) is 5. The molecule has 0 radical (unpaired) electrons. The number of piperidine rings is 1. The lowest BCUT2D eigenvalue weighted by Crippen LogP contribution is -2.56. The average molecular weight is 605 g/mol. The van der Waals surface area contributed by atoms with Crippen molar-refractivity contribution in [3.8, 4) is 0 Å². The second-order valence-electron chi connectivity index (χ2n) is 11.7. The Labute approximate surface area is 246 Å². The summed E-state index contributed by atoms with van der Waals surface area (Å²) in [5.41, 5.74) is 9.19. The smallest absolute Gasteiger partial charge is 0.370 e. The van der Waals surface area contributed by atoms with Crippen LogP contribution in [0.25, 0.3) is 5.57 Å². The number of nitrogens with zero attached hydrogens (tertiary/aromatic N) is 3. The van der Waals surface area contributed by atoms with Gasteiger partial charge in [-0.25, -0.2) is 8.42 Å². The number of amides is 1. The van der Waals surface area contributed by atoms with Gasteiger partial charge >= 0.3 is 6.18 Å². The van der Waals surface area contributed by atoms with Gasteiger partial charge in [-0.2, -0.15) is 17.5 Å². The van der Waals surface area contributed by atoms with E-state index in [1.807, 2.05) is 0 Å². The highest BCUT2D eigenvalue weighted by Crippen LogP contribution is 2.38. The number of hydrogen-bond donors (Lipinski definition) is 1. The van der Waals surface area contributed by atoms with E-state index in [4.69, 9.17) is 5.73 Å². The third kappa shape index (κ3) is 6.74. The molecule has 5 rings (SSSR count). The summed E-state index contributed by atoms with van der Waals surface area (Å²) in [4.78, 5) is 16.2. The maximum atomic E-state index is 13.6. The number of benzene rings is 2. The van der Waals surface area contributed by atoms with Gasteiger partial charge in [-0.05, 0) is 85.7 Å². The number of primary amides is 1. The molecule has 2 N–H and O–H groups in total. The molecule has 0 saturated carbocycles. The minimum atomic E-state index is -4.68. The molecule has 1 aliphatic carbocycles. The number of likely N-dealkylation sites (tertiary alicyclic amines) is 1. The van der Waals surface area contributed by atoms with Crippen molar-refractivity contribution in [2.24, 2.45) is 5.73 Å². The van der Waals surface area contributed by atoms with E-state index in [9.17, 15) is 26.4 Å². The zero-order chi connectivity index (χ0) is 30.1. The lowest BCUT2D eigenvalue weighted by molar-refractivity contribution is -0.137. The van der Waals surface area contributed by atoms with Crippen molar-refractivity contribution in [3.63, 3.8) is 0 Å².